The van der Waals surface area contributed by atoms with Gasteiger partial charge in [0.2, 0.25) is 5.13 Å². The first kappa shape index (κ1) is 7.94. The summed E-state index contributed by atoms with van der Waals surface area (Å²) in [5.41, 5.74) is 0. The van der Waals surface area contributed by atoms with Gasteiger partial charge in [-0.1, -0.05) is 0 Å². The number of aromatic nitrogens is 2. The molecule has 66 valence electrons. The molecule has 2 N–H and O–H groups in total. The molecular formula is C7H12N4S. The summed E-state index contributed by atoms with van der Waals surface area (Å²) in [6.45, 7) is 2.12. The SMILES string of the molecule is c1nsc(NCC2CCCN2)n1. The lowest BCUT2D eigenvalue weighted by molar-refractivity contribution is 0.633. The molecule has 12 heavy (non-hydrogen) atoms. The van der Waals surface area contributed by atoms with Gasteiger partial charge >= 0.3 is 0 Å². The Morgan fingerprint density at radius 1 is 1.75 bits per heavy atom. The largest absolute Gasteiger partial charge is 0.359 e. The Balaban J connectivity index is 1.74. The molecule has 2 rings (SSSR count). The summed E-state index contributed by atoms with van der Waals surface area (Å²) in [5, 5.41) is 7.58. The molecule has 1 saturated heterocycles. The molecule has 5 heteroatoms. The maximum atomic E-state index is 4.05. The van der Waals surface area contributed by atoms with Crippen LogP contribution in [0.3, 0.4) is 0 Å². The summed E-state index contributed by atoms with van der Waals surface area (Å²) >= 11 is 1.41. The Morgan fingerprint density at radius 2 is 2.75 bits per heavy atom. The van der Waals surface area contributed by atoms with Crippen LogP contribution in [0.15, 0.2) is 6.33 Å². The Hall–Kier alpha value is -0.680. The van der Waals surface area contributed by atoms with E-state index in [1.807, 2.05) is 0 Å². The molecule has 1 aliphatic heterocycles. The highest BCUT2D eigenvalue weighted by atomic mass is 32.1. The summed E-state index contributed by atoms with van der Waals surface area (Å²) in [5.74, 6) is 0. The third kappa shape index (κ3) is 1.92. The first-order chi connectivity index (χ1) is 5.95. The Morgan fingerprint density at radius 3 is 3.42 bits per heavy atom. The van der Waals surface area contributed by atoms with Crippen LogP contribution in [0.1, 0.15) is 12.8 Å². The second-order valence-electron chi connectivity index (χ2n) is 2.92. The molecule has 2 heterocycles. The van der Waals surface area contributed by atoms with Crippen molar-refractivity contribution in [3.8, 4) is 0 Å². The molecule has 0 saturated carbocycles. The van der Waals surface area contributed by atoms with Gasteiger partial charge in [0.1, 0.15) is 6.33 Å². The van der Waals surface area contributed by atoms with Gasteiger partial charge < -0.3 is 10.6 Å². The van der Waals surface area contributed by atoms with Crippen molar-refractivity contribution in [1.82, 2.24) is 14.7 Å². The van der Waals surface area contributed by atoms with Gasteiger partial charge in [-0.3, -0.25) is 0 Å². The predicted octanol–water partition coefficient (Wildman–Crippen LogP) is 0.702. The van der Waals surface area contributed by atoms with Gasteiger partial charge in [-0.05, 0) is 19.4 Å². The fraction of sp³-hybridized carbons (Fsp3) is 0.714. The van der Waals surface area contributed by atoms with Gasteiger partial charge in [-0.2, -0.15) is 4.37 Å². The zero-order valence-electron chi connectivity index (χ0n) is 6.79. The highest BCUT2D eigenvalue weighted by Gasteiger charge is 2.13. The fourth-order valence-corrected chi connectivity index (χ4v) is 1.83. The molecule has 1 atom stereocenters. The molecule has 1 aromatic rings. The van der Waals surface area contributed by atoms with Crippen molar-refractivity contribution in [3.63, 3.8) is 0 Å². The van der Waals surface area contributed by atoms with Crippen LogP contribution in [0.2, 0.25) is 0 Å². The third-order valence-corrected chi connectivity index (χ3v) is 2.65. The molecule has 1 aliphatic rings. The Bertz CT molecular complexity index is 217. The van der Waals surface area contributed by atoms with Gasteiger partial charge in [0.05, 0.1) is 0 Å². The van der Waals surface area contributed by atoms with Gasteiger partial charge in [-0.25, -0.2) is 4.98 Å². The maximum absolute atomic E-state index is 4.05. The molecule has 0 aromatic carbocycles. The summed E-state index contributed by atoms with van der Waals surface area (Å²) in [7, 11) is 0. The number of rotatable bonds is 3. The minimum Gasteiger partial charge on any atom is -0.359 e. The van der Waals surface area contributed by atoms with E-state index in [0.29, 0.717) is 6.04 Å². The first-order valence-corrected chi connectivity index (χ1v) is 4.96. The molecule has 0 spiro atoms. The average molecular weight is 184 g/mol. The van der Waals surface area contributed by atoms with E-state index in [1.54, 1.807) is 6.33 Å². The number of hydrogen-bond donors (Lipinski definition) is 2. The molecular weight excluding hydrogens is 172 g/mol. The van der Waals surface area contributed by atoms with Crippen LogP contribution in [-0.2, 0) is 0 Å². The highest BCUT2D eigenvalue weighted by Crippen LogP contribution is 2.09. The van der Waals surface area contributed by atoms with Crippen molar-refractivity contribution in [2.75, 3.05) is 18.4 Å². The summed E-state index contributed by atoms with van der Waals surface area (Å²) in [6, 6.07) is 0.619. The lowest BCUT2D eigenvalue weighted by atomic mass is 10.2. The van der Waals surface area contributed by atoms with Gasteiger partial charge in [0.15, 0.2) is 0 Å². The molecule has 4 nitrogen and oxygen atoms in total. The van der Waals surface area contributed by atoms with Crippen LogP contribution in [0.5, 0.6) is 0 Å². The normalized spacial score (nSPS) is 22.8. The second kappa shape index (κ2) is 3.82. The standard InChI is InChI=1S/C7H12N4S/c1-2-6(8-3-1)4-9-7-10-5-11-12-7/h5-6,8H,1-4H2,(H,9,10,11). The van der Waals surface area contributed by atoms with Crippen LogP contribution < -0.4 is 10.6 Å². The Labute approximate surface area is 75.6 Å². The van der Waals surface area contributed by atoms with Crippen LogP contribution in [-0.4, -0.2) is 28.5 Å². The Kier molecular flexibility index (Phi) is 2.53. The summed E-state index contributed by atoms with van der Waals surface area (Å²) < 4.78 is 3.92. The van der Waals surface area contributed by atoms with Gasteiger partial charge in [-0.15, -0.1) is 0 Å². The molecule has 0 radical (unpaired) electrons. The predicted molar refractivity (Wildman–Crippen MR) is 49.4 cm³/mol. The van der Waals surface area contributed by atoms with E-state index >= 15 is 0 Å². The minimum absolute atomic E-state index is 0.619. The van der Waals surface area contributed by atoms with E-state index in [4.69, 9.17) is 0 Å². The van der Waals surface area contributed by atoms with Crippen molar-refractivity contribution in [2.45, 2.75) is 18.9 Å². The number of nitrogens with zero attached hydrogens (tertiary/aromatic N) is 2. The summed E-state index contributed by atoms with van der Waals surface area (Å²) in [6.07, 6.45) is 4.14. The van der Waals surface area contributed by atoms with E-state index in [9.17, 15) is 0 Å². The lowest BCUT2D eigenvalue weighted by Gasteiger charge is -2.09. The summed E-state index contributed by atoms with van der Waals surface area (Å²) in [4.78, 5) is 4.05. The monoisotopic (exact) mass is 184 g/mol. The van der Waals surface area contributed by atoms with Gasteiger partial charge in [0, 0.05) is 24.1 Å². The van der Waals surface area contributed by atoms with Crippen molar-refractivity contribution < 1.29 is 0 Å². The second-order valence-corrected chi connectivity index (χ2v) is 3.70. The van der Waals surface area contributed by atoms with E-state index in [2.05, 4.69) is 20.0 Å². The van der Waals surface area contributed by atoms with E-state index in [0.717, 1.165) is 18.2 Å². The quantitative estimate of drug-likeness (QED) is 0.726. The number of nitrogens with one attached hydrogen (secondary N) is 2. The minimum atomic E-state index is 0.619. The topological polar surface area (TPSA) is 49.8 Å². The molecule has 1 aromatic heterocycles. The fourth-order valence-electron chi connectivity index (χ4n) is 1.39. The van der Waals surface area contributed by atoms with E-state index in [-0.39, 0.29) is 0 Å². The third-order valence-electron chi connectivity index (χ3n) is 2.02. The lowest BCUT2D eigenvalue weighted by Crippen LogP contribution is -2.29. The smallest absolute Gasteiger partial charge is 0.202 e. The van der Waals surface area contributed by atoms with E-state index in [1.165, 1.54) is 24.4 Å². The van der Waals surface area contributed by atoms with Crippen molar-refractivity contribution in [2.24, 2.45) is 0 Å². The van der Waals surface area contributed by atoms with E-state index < -0.39 is 0 Å². The maximum Gasteiger partial charge on any atom is 0.202 e. The zero-order chi connectivity index (χ0) is 8.23. The molecule has 1 fully saturated rings. The molecule has 0 aliphatic carbocycles. The van der Waals surface area contributed by atoms with Crippen LogP contribution in [0, 0.1) is 0 Å². The van der Waals surface area contributed by atoms with Crippen molar-refractivity contribution in [3.05, 3.63) is 6.33 Å². The van der Waals surface area contributed by atoms with Crippen molar-refractivity contribution >= 4 is 16.7 Å². The van der Waals surface area contributed by atoms with Crippen LogP contribution in [0.4, 0.5) is 5.13 Å². The van der Waals surface area contributed by atoms with Crippen LogP contribution >= 0.6 is 11.5 Å². The molecule has 0 bridgehead atoms. The average Bonchev–Trinajstić information content (AvgIpc) is 2.74. The number of anilines is 1. The van der Waals surface area contributed by atoms with Crippen LogP contribution in [0.25, 0.3) is 0 Å². The number of hydrogen-bond acceptors (Lipinski definition) is 5. The van der Waals surface area contributed by atoms with Gasteiger partial charge in [0.25, 0.3) is 0 Å². The highest BCUT2D eigenvalue weighted by molar-refractivity contribution is 7.09. The van der Waals surface area contributed by atoms with Crippen molar-refractivity contribution in [1.29, 1.82) is 0 Å². The zero-order valence-corrected chi connectivity index (χ0v) is 7.60. The first-order valence-electron chi connectivity index (χ1n) is 4.19. The molecule has 0 amide bonds. The molecule has 1 unspecified atom stereocenters.